The van der Waals surface area contributed by atoms with Gasteiger partial charge in [-0.05, 0) is 12.1 Å². The van der Waals surface area contributed by atoms with Crippen molar-refractivity contribution in [3.63, 3.8) is 0 Å². The maximum Gasteiger partial charge on any atom is 0.132 e. The normalized spacial score (nSPS) is 12.6. The fourth-order valence-electron chi connectivity index (χ4n) is 1.10. The molecule has 2 nitrogen and oxygen atoms in total. The van der Waals surface area contributed by atoms with Crippen LogP contribution in [0, 0.1) is 5.82 Å². The highest BCUT2D eigenvalue weighted by molar-refractivity contribution is 9.09. The van der Waals surface area contributed by atoms with Crippen LogP contribution in [0.3, 0.4) is 0 Å². The SMILES string of the molecule is COc1cccc(F)c1[C@@H](O)CBr. The third-order valence-electron chi connectivity index (χ3n) is 1.71. The van der Waals surface area contributed by atoms with Gasteiger partial charge in [-0.3, -0.25) is 0 Å². The maximum absolute atomic E-state index is 13.2. The van der Waals surface area contributed by atoms with E-state index in [1.54, 1.807) is 12.1 Å². The summed E-state index contributed by atoms with van der Waals surface area (Å²) in [6.45, 7) is 0. The van der Waals surface area contributed by atoms with Crippen molar-refractivity contribution >= 4 is 15.9 Å². The van der Waals surface area contributed by atoms with Gasteiger partial charge in [-0.25, -0.2) is 4.39 Å². The van der Waals surface area contributed by atoms with Crippen molar-refractivity contribution in [1.29, 1.82) is 0 Å². The molecule has 1 aromatic rings. The molecule has 0 heterocycles. The van der Waals surface area contributed by atoms with Gasteiger partial charge >= 0.3 is 0 Å². The second-order valence-electron chi connectivity index (χ2n) is 2.53. The highest BCUT2D eigenvalue weighted by Crippen LogP contribution is 2.28. The van der Waals surface area contributed by atoms with Crippen LogP contribution in [0.2, 0.25) is 0 Å². The molecule has 1 atom stereocenters. The zero-order valence-electron chi connectivity index (χ0n) is 7.13. The first-order valence-electron chi connectivity index (χ1n) is 3.77. The summed E-state index contributed by atoms with van der Waals surface area (Å²) in [5, 5.41) is 9.74. The first-order valence-corrected chi connectivity index (χ1v) is 4.89. The third kappa shape index (κ3) is 2.19. The molecular weight excluding hydrogens is 239 g/mol. The van der Waals surface area contributed by atoms with Gasteiger partial charge in [0, 0.05) is 5.33 Å². The number of hydrogen-bond acceptors (Lipinski definition) is 2. The number of hydrogen-bond donors (Lipinski definition) is 1. The summed E-state index contributed by atoms with van der Waals surface area (Å²) < 4.78 is 18.1. The van der Waals surface area contributed by atoms with E-state index in [0.717, 1.165) is 0 Å². The molecule has 0 unspecified atom stereocenters. The second kappa shape index (κ2) is 4.58. The fourth-order valence-corrected chi connectivity index (χ4v) is 1.42. The van der Waals surface area contributed by atoms with Gasteiger partial charge in [-0.15, -0.1) is 0 Å². The Morgan fingerprint density at radius 1 is 1.62 bits per heavy atom. The molecule has 0 aliphatic heterocycles. The van der Waals surface area contributed by atoms with Gasteiger partial charge in [0.1, 0.15) is 11.6 Å². The summed E-state index contributed by atoms with van der Waals surface area (Å²) in [6, 6.07) is 4.45. The second-order valence-corrected chi connectivity index (χ2v) is 3.17. The summed E-state index contributed by atoms with van der Waals surface area (Å²) in [5.41, 5.74) is 0.196. The lowest BCUT2D eigenvalue weighted by Gasteiger charge is -2.12. The average molecular weight is 249 g/mol. The molecule has 72 valence electrons. The molecular formula is C9H10BrFO2. The van der Waals surface area contributed by atoms with Crippen LogP contribution in [0.15, 0.2) is 18.2 Å². The van der Waals surface area contributed by atoms with Crippen LogP contribution >= 0.6 is 15.9 Å². The zero-order valence-corrected chi connectivity index (χ0v) is 8.71. The van der Waals surface area contributed by atoms with E-state index in [1.807, 2.05) is 0 Å². The van der Waals surface area contributed by atoms with Crippen molar-refractivity contribution in [2.45, 2.75) is 6.10 Å². The Morgan fingerprint density at radius 3 is 2.85 bits per heavy atom. The first-order chi connectivity index (χ1) is 6.20. The van der Waals surface area contributed by atoms with Gasteiger partial charge in [0.15, 0.2) is 0 Å². The predicted molar refractivity (Wildman–Crippen MR) is 51.7 cm³/mol. The van der Waals surface area contributed by atoms with E-state index in [4.69, 9.17) is 4.74 Å². The predicted octanol–water partition coefficient (Wildman–Crippen LogP) is 2.26. The van der Waals surface area contributed by atoms with Crippen molar-refractivity contribution in [2.24, 2.45) is 0 Å². The Bertz CT molecular complexity index is 291. The molecule has 4 heteroatoms. The summed E-state index contributed by atoms with van der Waals surface area (Å²) >= 11 is 3.08. The van der Waals surface area contributed by atoms with Crippen molar-refractivity contribution in [3.05, 3.63) is 29.6 Å². The number of aliphatic hydroxyl groups is 1. The standard InChI is InChI=1S/C9H10BrFO2/c1-13-8-4-2-3-6(11)9(8)7(12)5-10/h2-4,7,12H,5H2,1H3/t7-/m0/s1. The minimum Gasteiger partial charge on any atom is -0.496 e. The number of alkyl halides is 1. The minimum atomic E-state index is -0.879. The first kappa shape index (κ1) is 10.5. The lowest BCUT2D eigenvalue weighted by Crippen LogP contribution is -2.04. The minimum absolute atomic E-state index is 0.196. The van der Waals surface area contributed by atoms with Crippen molar-refractivity contribution in [3.8, 4) is 5.75 Å². The monoisotopic (exact) mass is 248 g/mol. The Kier molecular flexibility index (Phi) is 3.69. The smallest absolute Gasteiger partial charge is 0.132 e. The average Bonchev–Trinajstić information content (AvgIpc) is 2.16. The van der Waals surface area contributed by atoms with Gasteiger partial charge < -0.3 is 9.84 Å². The van der Waals surface area contributed by atoms with E-state index in [0.29, 0.717) is 5.75 Å². The molecule has 1 aromatic carbocycles. The van der Waals surface area contributed by atoms with E-state index in [-0.39, 0.29) is 10.9 Å². The highest BCUT2D eigenvalue weighted by atomic mass is 79.9. The van der Waals surface area contributed by atoms with Crippen LogP contribution in [0.5, 0.6) is 5.75 Å². The number of ether oxygens (including phenoxy) is 1. The van der Waals surface area contributed by atoms with Crippen LogP contribution in [0.25, 0.3) is 0 Å². The van der Waals surface area contributed by atoms with Gasteiger partial charge in [-0.2, -0.15) is 0 Å². The number of rotatable bonds is 3. The fraction of sp³-hybridized carbons (Fsp3) is 0.333. The molecule has 0 spiro atoms. The topological polar surface area (TPSA) is 29.5 Å². The molecule has 0 aliphatic rings. The Balaban J connectivity index is 3.14. The quantitative estimate of drug-likeness (QED) is 0.832. The third-order valence-corrected chi connectivity index (χ3v) is 2.33. The summed E-state index contributed by atoms with van der Waals surface area (Å²) in [4.78, 5) is 0. The largest absolute Gasteiger partial charge is 0.496 e. The van der Waals surface area contributed by atoms with E-state index >= 15 is 0 Å². The van der Waals surface area contributed by atoms with E-state index < -0.39 is 11.9 Å². The lowest BCUT2D eigenvalue weighted by molar-refractivity contribution is 0.194. The molecule has 0 amide bonds. The molecule has 0 radical (unpaired) electrons. The maximum atomic E-state index is 13.2. The number of benzene rings is 1. The number of methoxy groups -OCH3 is 1. The molecule has 0 aliphatic carbocycles. The number of halogens is 2. The van der Waals surface area contributed by atoms with E-state index in [1.165, 1.54) is 13.2 Å². The lowest BCUT2D eigenvalue weighted by atomic mass is 10.1. The van der Waals surface area contributed by atoms with Crippen molar-refractivity contribution in [1.82, 2.24) is 0 Å². The van der Waals surface area contributed by atoms with Crippen molar-refractivity contribution in [2.75, 3.05) is 12.4 Å². The molecule has 0 bridgehead atoms. The molecule has 0 saturated heterocycles. The molecule has 0 fully saturated rings. The van der Waals surface area contributed by atoms with E-state index in [2.05, 4.69) is 15.9 Å². The summed E-state index contributed by atoms with van der Waals surface area (Å²) in [7, 11) is 1.44. The zero-order chi connectivity index (χ0) is 9.84. The number of aliphatic hydroxyl groups excluding tert-OH is 1. The molecule has 1 N–H and O–H groups in total. The van der Waals surface area contributed by atoms with Crippen LogP contribution in [-0.2, 0) is 0 Å². The van der Waals surface area contributed by atoms with Crippen LogP contribution in [0.4, 0.5) is 4.39 Å². The van der Waals surface area contributed by atoms with Crippen LogP contribution < -0.4 is 4.74 Å². The van der Waals surface area contributed by atoms with Gasteiger partial charge in [-0.1, -0.05) is 22.0 Å². The van der Waals surface area contributed by atoms with Gasteiger partial charge in [0.2, 0.25) is 0 Å². The Labute approximate surface area is 84.5 Å². The molecule has 13 heavy (non-hydrogen) atoms. The molecule has 1 rings (SSSR count). The molecule has 0 aromatic heterocycles. The van der Waals surface area contributed by atoms with E-state index in [9.17, 15) is 9.50 Å². The van der Waals surface area contributed by atoms with Crippen LogP contribution in [0.1, 0.15) is 11.7 Å². The molecule has 0 saturated carbocycles. The highest BCUT2D eigenvalue weighted by Gasteiger charge is 2.16. The van der Waals surface area contributed by atoms with Crippen molar-refractivity contribution < 1.29 is 14.2 Å². The summed E-state index contributed by atoms with van der Waals surface area (Å²) in [6.07, 6.45) is -0.879. The summed E-state index contributed by atoms with van der Waals surface area (Å²) in [5.74, 6) is -0.0850. The van der Waals surface area contributed by atoms with Gasteiger partial charge in [0.25, 0.3) is 0 Å². The Hall–Kier alpha value is -0.610. The Morgan fingerprint density at radius 2 is 2.31 bits per heavy atom. The van der Waals surface area contributed by atoms with Gasteiger partial charge in [0.05, 0.1) is 18.8 Å². The van der Waals surface area contributed by atoms with Crippen LogP contribution in [-0.4, -0.2) is 17.5 Å².